The lowest BCUT2D eigenvalue weighted by atomic mass is 10.0. The molecule has 49 heavy (non-hydrogen) atoms. The molecule has 4 aromatic carbocycles. The predicted octanol–water partition coefficient (Wildman–Crippen LogP) is 7.01. The van der Waals surface area contributed by atoms with Crippen LogP contribution in [-0.4, -0.2) is 56.6 Å². The van der Waals surface area contributed by atoms with E-state index in [1.807, 2.05) is 74.7 Å². The molecule has 1 aliphatic rings. The van der Waals surface area contributed by atoms with E-state index in [1.165, 1.54) is 11.8 Å². The number of aryl methyl sites for hydroxylation is 1. The van der Waals surface area contributed by atoms with Crippen molar-refractivity contribution in [2.75, 3.05) is 23.7 Å². The average molecular weight is 700 g/mol. The van der Waals surface area contributed by atoms with Gasteiger partial charge < -0.3 is 15.0 Å². The van der Waals surface area contributed by atoms with E-state index in [-0.39, 0.29) is 35.5 Å². The summed E-state index contributed by atoms with van der Waals surface area (Å²) in [7, 11) is -4.26. The Labute approximate surface area is 294 Å². The smallest absolute Gasteiger partial charge is 0.264 e. The van der Waals surface area contributed by atoms with Crippen molar-refractivity contribution in [3.63, 3.8) is 0 Å². The Balaban J connectivity index is 1.60. The lowest BCUT2D eigenvalue weighted by Gasteiger charge is -2.35. The number of carbonyl (C=O) groups excluding carboxylic acids is 2. The van der Waals surface area contributed by atoms with Crippen LogP contribution in [0, 0.1) is 6.92 Å². The van der Waals surface area contributed by atoms with E-state index in [1.54, 1.807) is 53.4 Å². The molecule has 0 aliphatic heterocycles. The summed E-state index contributed by atoms with van der Waals surface area (Å²) in [6.45, 7) is 3.69. The number of carbonyl (C=O) groups is 2. The van der Waals surface area contributed by atoms with Crippen LogP contribution in [0.2, 0.25) is 0 Å². The minimum atomic E-state index is -4.26. The number of para-hydroxylation sites is 2. The molecule has 8 nitrogen and oxygen atoms in total. The van der Waals surface area contributed by atoms with Crippen LogP contribution in [0.3, 0.4) is 0 Å². The van der Waals surface area contributed by atoms with Crippen molar-refractivity contribution < 1.29 is 22.7 Å². The number of ether oxygens (including phenoxy) is 1. The molecule has 0 bridgehead atoms. The number of nitrogens with one attached hydrogen (secondary N) is 1. The molecule has 0 spiro atoms. The van der Waals surface area contributed by atoms with Crippen LogP contribution in [-0.2, 0) is 32.6 Å². The monoisotopic (exact) mass is 699 g/mol. The first-order valence-electron chi connectivity index (χ1n) is 16.8. The van der Waals surface area contributed by atoms with Crippen LogP contribution < -0.4 is 14.4 Å². The molecule has 0 saturated heterocycles. The zero-order chi connectivity index (χ0) is 34.8. The summed E-state index contributed by atoms with van der Waals surface area (Å²) < 4.78 is 36.0. The maximum absolute atomic E-state index is 14.9. The number of hydrogen-bond acceptors (Lipinski definition) is 6. The fourth-order valence-corrected chi connectivity index (χ4v) is 8.05. The third kappa shape index (κ3) is 9.05. The molecular weight excluding hydrogens is 655 g/mol. The minimum absolute atomic E-state index is 0.0420. The number of rotatable bonds is 15. The predicted molar refractivity (Wildman–Crippen MR) is 196 cm³/mol. The van der Waals surface area contributed by atoms with Crippen LogP contribution >= 0.6 is 11.8 Å². The Kier molecular flexibility index (Phi) is 12.4. The highest BCUT2D eigenvalue weighted by atomic mass is 32.2. The van der Waals surface area contributed by atoms with Gasteiger partial charge in [-0.3, -0.25) is 13.9 Å². The van der Waals surface area contributed by atoms with Gasteiger partial charge in [0.15, 0.2) is 0 Å². The summed E-state index contributed by atoms with van der Waals surface area (Å²) in [6, 6.07) is 30.0. The number of anilines is 1. The minimum Gasteiger partial charge on any atom is -0.492 e. The summed E-state index contributed by atoms with van der Waals surface area (Å²) in [4.78, 5) is 31.6. The largest absolute Gasteiger partial charge is 0.492 e. The average Bonchev–Trinajstić information content (AvgIpc) is 3.63. The molecule has 0 aromatic heterocycles. The molecule has 2 amide bonds. The van der Waals surface area contributed by atoms with Crippen molar-refractivity contribution in [2.45, 2.75) is 74.4 Å². The van der Waals surface area contributed by atoms with Crippen LogP contribution in [0.25, 0.3) is 0 Å². The Morgan fingerprint density at radius 2 is 1.55 bits per heavy atom. The zero-order valence-electron chi connectivity index (χ0n) is 28.4. The van der Waals surface area contributed by atoms with Gasteiger partial charge in [0.05, 0.1) is 17.2 Å². The van der Waals surface area contributed by atoms with Gasteiger partial charge in [0.2, 0.25) is 11.8 Å². The number of sulfonamides is 1. The summed E-state index contributed by atoms with van der Waals surface area (Å²) in [5, 5.41) is 3.23. The second kappa shape index (κ2) is 16.9. The van der Waals surface area contributed by atoms with E-state index in [0.29, 0.717) is 12.4 Å². The molecule has 0 heterocycles. The topological polar surface area (TPSA) is 96.0 Å². The van der Waals surface area contributed by atoms with Crippen molar-refractivity contribution >= 4 is 39.3 Å². The molecule has 0 radical (unpaired) electrons. The van der Waals surface area contributed by atoms with Crippen molar-refractivity contribution in [3.05, 3.63) is 120 Å². The number of amides is 2. The molecule has 5 rings (SSSR count). The number of nitrogens with zero attached hydrogens (tertiary/aromatic N) is 2. The van der Waals surface area contributed by atoms with Gasteiger partial charge in [0.1, 0.15) is 18.3 Å². The van der Waals surface area contributed by atoms with E-state index in [9.17, 15) is 18.0 Å². The lowest BCUT2D eigenvalue weighted by Crippen LogP contribution is -2.54. The third-order valence-electron chi connectivity index (χ3n) is 8.93. The first-order valence-corrected chi connectivity index (χ1v) is 19.4. The molecule has 0 unspecified atom stereocenters. The number of thioether (sulfide) groups is 1. The van der Waals surface area contributed by atoms with Crippen molar-refractivity contribution in [3.8, 4) is 5.75 Å². The molecule has 1 saturated carbocycles. The van der Waals surface area contributed by atoms with Gasteiger partial charge in [-0.05, 0) is 86.0 Å². The first kappa shape index (κ1) is 36.0. The standard InChI is InChI=1S/C39H45N3O5S2/c1-4-47-37-21-13-12-20-35(37)42(49(45,46)34-24-22-33(48-3)23-25-34)28-38(43)41(27-31-17-9-8-14-29(31)2)36(26-30-15-6-5-7-16-30)39(44)40-32-18-10-11-19-32/h5-9,12-17,20-25,32,36H,4,10-11,18-19,26-28H2,1-3H3,(H,40,44)/t36-/m0/s1. The third-order valence-corrected chi connectivity index (χ3v) is 11.5. The molecule has 1 fully saturated rings. The Hall–Kier alpha value is -4.28. The van der Waals surface area contributed by atoms with Gasteiger partial charge in [0.25, 0.3) is 10.0 Å². The summed E-state index contributed by atoms with van der Waals surface area (Å²) in [6.07, 6.45) is 6.07. The summed E-state index contributed by atoms with van der Waals surface area (Å²) in [5.74, 6) is -0.400. The van der Waals surface area contributed by atoms with Gasteiger partial charge in [-0.25, -0.2) is 8.42 Å². The van der Waals surface area contributed by atoms with Crippen LogP contribution in [0.1, 0.15) is 49.3 Å². The van der Waals surface area contributed by atoms with E-state index in [2.05, 4.69) is 5.32 Å². The molecule has 1 aliphatic carbocycles. The van der Waals surface area contributed by atoms with E-state index >= 15 is 0 Å². The molecule has 4 aromatic rings. The first-order chi connectivity index (χ1) is 23.7. The molecule has 10 heteroatoms. The Morgan fingerprint density at radius 1 is 0.898 bits per heavy atom. The van der Waals surface area contributed by atoms with E-state index in [4.69, 9.17) is 4.74 Å². The number of hydrogen-bond donors (Lipinski definition) is 1. The van der Waals surface area contributed by atoms with Crippen molar-refractivity contribution in [1.29, 1.82) is 0 Å². The SMILES string of the molecule is CCOc1ccccc1N(CC(=O)N(Cc1ccccc1C)[C@@H](Cc1ccccc1)C(=O)NC1CCCC1)S(=O)(=O)c1ccc(SC)cc1. The van der Waals surface area contributed by atoms with Gasteiger partial charge in [-0.15, -0.1) is 11.8 Å². The Morgan fingerprint density at radius 3 is 2.22 bits per heavy atom. The van der Waals surface area contributed by atoms with Crippen molar-refractivity contribution in [2.24, 2.45) is 0 Å². The quantitative estimate of drug-likeness (QED) is 0.134. The van der Waals surface area contributed by atoms with E-state index in [0.717, 1.165) is 51.6 Å². The maximum Gasteiger partial charge on any atom is 0.264 e. The lowest BCUT2D eigenvalue weighted by molar-refractivity contribution is -0.140. The maximum atomic E-state index is 14.9. The van der Waals surface area contributed by atoms with Gasteiger partial charge >= 0.3 is 0 Å². The highest BCUT2D eigenvalue weighted by Crippen LogP contribution is 2.33. The van der Waals surface area contributed by atoms with Gasteiger partial charge in [-0.1, -0.05) is 79.6 Å². The van der Waals surface area contributed by atoms with Gasteiger partial charge in [-0.2, -0.15) is 0 Å². The van der Waals surface area contributed by atoms with Crippen LogP contribution in [0.4, 0.5) is 5.69 Å². The zero-order valence-corrected chi connectivity index (χ0v) is 30.0. The second-order valence-corrected chi connectivity index (χ2v) is 15.0. The fourth-order valence-electron chi connectivity index (χ4n) is 6.22. The molecule has 258 valence electrons. The summed E-state index contributed by atoms with van der Waals surface area (Å²) in [5.41, 5.74) is 2.99. The Bertz CT molecular complexity index is 1810. The molecule has 1 atom stereocenters. The molecule has 1 N–H and O–H groups in total. The highest BCUT2D eigenvalue weighted by molar-refractivity contribution is 7.98. The van der Waals surface area contributed by atoms with Crippen LogP contribution in [0.15, 0.2) is 113 Å². The number of benzene rings is 4. The van der Waals surface area contributed by atoms with Crippen molar-refractivity contribution in [1.82, 2.24) is 10.2 Å². The highest BCUT2D eigenvalue weighted by Gasteiger charge is 2.36. The van der Waals surface area contributed by atoms with Gasteiger partial charge in [0, 0.05) is 23.9 Å². The fraction of sp³-hybridized carbons (Fsp3) is 0.333. The second-order valence-electron chi connectivity index (χ2n) is 12.2. The normalized spacial score (nSPS) is 13.9. The summed E-state index contributed by atoms with van der Waals surface area (Å²) >= 11 is 1.51. The molecular formula is C39H45N3O5S2. The van der Waals surface area contributed by atoms with E-state index < -0.39 is 28.5 Å². The van der Waals surface area contributed by atoms with Crippen LogP contribution in [0.5, 0.6) is 5.75 Å².